The monoisotopic (exact) mass is 279 g/mol. The number of nitrogens with one attached hydrogen (secondary N) is 1. The van der Waals surface area contributed by atoms with Crippen molar-refractivity contribution in [3.63, 3.8) is 0 Å². The van der Waals surface area contributed by atoms with Gasteiger partial charge in [-0.2, -0.15) is 11.8 Å². The molecule has 1 N–H and O–H groups in total. The van der Waals surface area contributed by atoms with Crippen molar-refractivity contribution >= 4 is 21.6 Å². The van der Waals surface area contributed by atoms with Crippen LogP contribution in [-0.4, -0.2) is 44.5 Å². The van der Waals surface area contributed by atoms with Crippen LogP contribution in [0, 0.1) is 5.92 Å². The fourth-order valence-electron chi connectivity index (χ4n) is 2.42. The summed E-state index contributed by atoms with van der Waals surface area (Å²) in [5, 5.41) is 3.53. The van der Waals surface area contributed by atoms with Crippen LogP contribution in [0.5, 0.6) is 0 Å². The lowest BCUT2D eigenvalue weighted by molar-refractivity contribution is 0.360. The Hall–Kier alpha value is 0.260. The maximum atomic E-state index is 11.5. The molecule has 2 atom stereocenters. The summed E-state index contributed by atoms with van der Waals surface area (Å²) in [5.41, 5.74) is 0. The molecule has 5 heteroatoms. The van der Waals surface area contributed by atoms with Gasteiger partial charge >= 0.3 is 0 Å². The Labute approximate surface area is 110 Å². The third-order valence-electron chi connectivity index (χ3n) is 3.36. The van der Waals surface area contributed by atoms with E-state index >= 15 is 0 Å². The summed E-state index contributed by atoms with van der Waals surface area (Å²) in [4.78, 5) is 0. The highest BCUT2D eigenvalue weighted by Crippen LogP contribution is 2.24. The first-order chi connectivity index (χ1) is 8.09. The molecule has 0 aromatic heterocycles. The molecule has 1 rings (SSSR count). The normalized spacial score (nSPS) is 24.9. The van der Waals surface area contributed by atoms with Crippen LogP contribution in [0.25, 0.3) is 0 Å². The SMILES string of the molecule is CCCNC(CCCSC)C1CCS(=O)(=O)C1. The minimum atomic E-state index is -2.74. The maximum absolute atomic E-state index is 11.5. The molecule has 1 saturated heterocycles. The number of hydrogen-bond donors (Lipinski definition) is 1. The van der Waals surface area contributed by atoms with Gasteiger partial charge < -0.3 is 5.32 Å². The summed E-state index contributed by atoms with van der Waals surface area (Å²) in [7, 11) is -2.74. The van der Waals surface area contributed by atoms with Crippen molar-refractivity contribution in [2.45, 2.75) is 38.6 Å². The fraction of sp³-hybridized carbons (Fsp3) is 1.00. The Morgan fingerprint density at radius 2 is 2.24 bits per heavy atom. The summed E-state index contributed by atoms with van der Waals surface area (Å²) in [5.74, 6) is 2.30. The minimum absolute atomic E-state index is 0.341. The van der Waals surface area contributed by atoms with Crippen LogP contribution in [-0.2, 0) is 9.84 Å². The van der Waals surface area contributed by atoms with Gasteiger partial charge in [0.05, 0.1) is 11.5 Å². The molecule has 0 saturated carbocycles. The van der Waals surface area contributed by atoms with Crippen LogP contribution in [0.1, 0.15) is 32.6 Å². The summed E-state index contributed by atoms with van der Waals surface area (Å²) >= 11 is 1.86. The van der Waals surface area contributed by atoms with Gasteiger partial charge in [0, 0.05) is 6.04 Å². The Bertz CT molecular complexity index is 304. The van der Waals surface area contributed by atoms with E-state index in [4.69, 9.17) is 0 Å². The average molecular weight is 279 g/mol. The Morgan fingerprint density at radius 1 is 1.47 bits per heavy atom. The zero-order valence-electron chi connectivity index (χ0n) is 10.9. The lowest BCUT2D eigenvalue weighted by Crippen LogP contribution is -2.37. The van der Waals surface area contributed by atoms with Gasteiger partial charge in [0.15, 0.2) is 9.84 Å². The molecule has 1 fully saturated rings. The molecule has 17 heavy (non-hydrogen) atoms. The summed E-state index contributed by atoms with van der Waals surface area (Å²) in [6, 6.07) is 0.402. The zero-order valence-corrected chi connectivity index (χ0v) is 12.6. The predicted molar refractivity (Wildman–Crippen MR) is 76.5 cm³/mol. The summed E-state index contributed by atoms with van der Waals surface area (Å²) < 4.78 is 23.0. The molecule has 2 unspecified atom stereocenters. The van der Waals surface area contributed by atoms with E-state index < -0.39 is 9.84 Å². The molecule has 1 aliphatic heterocycles. The molecule has 0 radical (unpaired) electrons. The molecular formula is C12H25NO2S2. The van der Waals surface area contributed by atoms with Crippen LogP contribution in [0.3, 0.4) is 0 Å². The van der Waals surface area contributed by atoms with E-state index in [9.17, 15) is 8.42 Å². The molecule has 1 heterocycles. The van der Waals surface area contributed by atoms with Gasteiger partial charge in [-0.25, -0.2) is 8.42 Å². The highest BCUT2D eigenvalue weighted by Gasteiger charge is 2.32. The number of thioether (sulfide) groups is 1. The van der Waals surface area contributed by atoms with Gasteiger partial charge in [-0.3, -0.25) is 0 Å². The third-order valence-corrected chi connectivity index (χ3v) is 5.85. The van der Waals surface area contributed by atoms with Gasteiger partial charge in [0.25, 0.3) is 0 Å². The van der Waals surface area contributed by atoms with Crippen molar-refractivity contribution < 1.29 is 8.42 Å². The summed E-state index contributed by atoms with van der Waals surface area (Å²) in [6.45, 7) is 3.15. The van der Waals surface area contributed by atoms with Crippen molar-refractivity contribution in [3.05, 3.63) is 0 Å². The Morgan fingerprint density at radius 3 is 2.76 bits per heavy atom. The van der Waals surface area contributed by atoms with Crippen LogP contribution in [0.4, 0.5) is 0 Å². The van der Waals surface area contributed by atoms with Gasteiger partial charge in [-0.15, -0.1) is 0 Å². The maximum Gasteiger partial charge on any atom is 0.150 e. The van der Waals surface area contributed by atoms with Crippen molar-refractivity contribution in [2.24, 2.45) is 5.92 Å². The molecule has 0 bridgehead atoms. The first-order valence-corrected chi connectivity index (χ1v) is 9.73. The van der Waals surface area contributed by atoms with Crippen LogP contribution in [0.15, 0.2) is 0 Å². The lowest BCUT2D eigenvalue weighted by atomic mass is 9.95. The predicted octanol–water partition coefficient (Wildman–Crippen LogP) is 1.93. The van der Waals surface area contributed by atoms with Crippen LogP contribution < -0.4 is 5.32 Å². The second-order valence-corrected chi connectivity index (χ2v) is 8.07. The first kappa shape index (κ1) is 15.3. The smallest absolute Gasteiger partial charge is 0.150 e. The third kappa shape index (κ3) is 5.62. The van der Waals surface area contributed by atoms with Crippen molar-refractivity contribution in [1.29, 1.82) is 0 Å². The van der Waals surface area contributed by atoms with E-state index in [-0.39, 0.29) is 0 Å². The highest BCUT2D eigenvalue weighted by atomic mass is 32.2. The molecule has 0 aromatic carbocycles. The number of sulfone groups is 1. The van der Waals surface area contributed by atoms with E-state index in [0.29, 0.717) is 23.5 Å². The van der Waals surface area contributed by atoms with Gasteiger partial charge in [-0.1, -0.05) is 6.92 Å². The Balaban J connectivity index is 2.44. The topological polar surface area (TPSA) is 46.2 Å². The fourth-order valence-corrected chi connectivity index (χ4v) is 4.76. The molecule has 0 aliphatic carbocycles. The van der Waals surface area contributed by atoms with E-state index in [2.05, 4.69) is 18.5 Å². The lowest BCUT2D eigenvalue weighted by Gasteiger charge is -2.23. The largest absolute Gasteiger partial charge is 0.314 e. The average Bonchev–Trinajstić information content (AvgIpc) is 2.64. The van der Waals surface area contributed by atoms with Crippen molar-refractivity contribution in [2.75, 3.05) is 30.1 Å². The van der Waals surface area contributed by atoms with Gasteiger partial charge in [0.1, 0.15) is 0 Å². The zero-order chi connectivity index (χ0) is 12.7. The molecule has 3 nitrogen and oxygen atoms in total. The number of hydrogen-bond acceptors (Lipinski definition) is 4. The molecular weight excluding hydrogens is 254 g/mol. The second-order valence-electron chi connectivity index (χ2n) is 4.86. The highest BCUT2D eigenvalue weighted by molar-refractivity contribution is 7.98. The van der Waals surface area contributed by atoms with Gasteiger partial charge in [0.2, 0.25) is 0 Å². The van der Waals surface area contributed by atoms with Crippen molar-refractivity contribution in [3.8, 4) is 0 Å². The molecule has 0 aromatic rings. The van der Waals surface area contributed by atoms with Crippen LogP contribution in [0.2, 0.25) is 0 Å². The molecule has 1 aliphatic rings. The van der Waals surface area contributed by atoms with E-state index in [1.807, 2.05) is 11.8 Å². The first-order valence-electron chi connectivity index (χ1n) is 6.52. The van der Waals surface area contributed by atoms with Gasteiger partial charge in [-0.05, 0) is 50.2 Å². The standard InChI is InChI=1S/C12H25NO2S2/c1-3-7-13-12(5-4-8-16-2)11-6-9-17(14,15)10-11/h11-13H,3-10H2,1-2H3. The van der Waals surface area contributed by atoms with Crippen molar-refractivity contribution in [1.82, 2.24) is 5.32 Å². The molecule has 102 valence electrons. The van der Waals surface area contributed by atoms with Crippen LogP contribution >= 0.6 is 11.8 Å². The quantitative estimate of drug-likeness (QED) is 0.690. The van der Waals surface area contributed by atoms with E-state index in [1.165, 1.54) is 12.2 Å². The number of rotatable bonds is 8. The van der Waals surface area contributed by atoms with E-state index in [0.717, 1.165) is 25.8 Å². The summed E-state index contributed by atoms with van der Waals surface area (Å²) in [6.07, 6.45) is 6.37. The minimum Gasteiger partial charge on any atom is -0.314 e. The Kier molecular flexibility index (Phi) is 6.89. The molecule has 0 amide bonds. The van der Waals surface area contributed by atoms with E-state index in [1.54, 1.807) is 0 Å². The second kappa shape index (κ2) is 7.64. The molecule has 0 spiro atoms.